The first-order chi connectivity index (χ1) is 8.83. The molecule has 5 nitrogen and oxygen atoms in total. The van der Waals surface area contributed by atoms with Crippen LogP contribution in [0.3, 0.4) is 0 Å². The first-order valence-electron chi connectivity index (χ1n) is 6.49. The monoisotopic (exact) mass is 301 g/mol. The van der Waals surface area contributed by atoms with Crippen LogP contribution in [0, 0.1) is 18.8 Å². The summed E-state index contributed by atoms with van der Waals surface area (Å²) in [7, 11) is -3.41. The Labute approximate surface area is 118 Å². The molecule has 7 heteroatoms. The van der Waals surface area contributed by atoms with Crippen LogP contribution >= 0.6 is 11.3 Å². The van der Waals surface area contributed by atoms with Crippen LogP contribution in [0.1, 0.15) is 18.9 Å². The highest BCUT2D eigenvalue weighted by molar-refractivity contribution is 7.91. The number of hydrogen-bond acceptors (Lipinski definition) is 5. The smallest absolute Gasteiger partial charge is 0.254 e. The predicted octanol–water partition coefficient (Wildman–Crippen LogP) is 1.07. The number of nitrogens with one attached hydrogen (secondary N) is 1. The van der Waals surface area contributed by atoms with Gasteiger partial charge in [-0.3, -0.25) is 0 Å². The van der Waals surface area contributed by atoms with E-state index < -0.39 is 10.0 Å². The second-order valence-corrected chi connectivity index (χ2v) is 9.24. The largest absolute Gasteiger partial charge is 0.316 e. The third-order valence-corrected chi connectivity index (χ3v) is 7.84. The molecule has 0 spiro atoms. The molecule has 19 heavy (non-hydrogen) atoms. The van der Waals surface area contributed by atoms with Crippen LogP contribution in [0.2, 0.25) is 0 Å². The van der Waals surface area contributed by atoms with E-state index in [1.54, 1.807) is 4.31 Å². The van der Waals surface area contributed by atoms with Gasteiger partial charge in [-0.15, -0.1) is 11.3 Å². The average molecular weight is 301 g/mol. The van der Waals surface area contributed by atoms with Crippen molar-refractivity contribution in [1.82, 2.24) is 14.6 Å². The van der Waals surface area contributed by atoms with Crippen molar-refractivity contribution in [2.45, 2.75) is 30.5 Å². The zero-order chi connectivity index (χ0) is 13.8. The molecular weight excluding hydrogens is 282 g/mol. The van der Waals surface area contributed by atoms with Crippen LogP contribution in [0.4, 0.5) is 0 Å². The van der Waals surface area contributed by atoms with E-state index in [-0.39, 0.29) is 5.54 Å². The van der Waals surface area contributed by atoms with Gasteiger partial charge in [0.1, 0.15) is 0 Å². The number of hydrogen-bond donors (Lipinski definition) is 1. The summed E-state index contributed by atoms with van der Waals surface area (Å²) in [5.41, 5.74) is -0.328. The van der Waals surface area contributed by atoms with Crippen LogP contribution in [-0.4, -0.2) is 42.9 Å². The van der Waals surface area contributed by atoms with E-state index in [0.29, 0.717) is 22.6 Å². The lowest BCUT2D eigenvalue weighted by Gasteiger charge is -2.34. The molecule has 3 rings (SSSR count). The minimum atomic E-state index is -3.41. The molecule has 2 aliphatic heterocycles. The first-order valence-corrected chi connectivity index (χ1v) is 8.75. The highest BCUT2D eigenvalue weighted by Crippen LogP contribution is 2.44. The Morgan fingerprint density at radius 1 is 1.47 bits per heavy atom. The van der Waals surface area contributed by atoms with Crippen LogP contribution in [-0.2, 0) is 10.0 Å². The topological polar surface area (TPSA) is 62.3 Å². The summed E-state index contributed by atoms with van der Waals surface area (Å²) in [6, 6.07) is 0. The lowest BCUT2D eigenvalue weighted by molar-refractivity contribution is 0.233. The molecule has 0 aliphatic carbocycles. The molecule has 2 aliphatic rings. The van der Waals surface area contributed by atoms with Crippen molar-refractivity contribution in [1.29, 1.82) is 0 Å². The van der Waals surface area contributed by atoms with Crippen molar-refractivity contribution < 1.29 is 8.42 Å². The van der Waals surface area contributed by atoms with E-state index in [1.807, 2.05) is 20.8 Å². The molecule has 0 radical (unpaired) electrons. The number of nitrogens with zero attached hydrogens (tertiary/aromatic N) is 2. The molecule has 2 fully saturated rings. The molecule has 1 aromatic rings. The summed E-state index contributed by atoms with van der Waals surface area (Å²) < 4.78 is 27.6. The van der Waals surface area contributed by atoms with Gasteiger partial charge in [-0.05, 0) is 39.2 Å². The molecule has 1 N–H and O–H groups in total. The highest BCUT2D eigenvalue weighted by Gasteiger charge is 2.54. The molecule has 106 valence electrons. The fourth-order valence-corrected chi connectivity index (χ4v) is 6.46. The minimum Gasteiger partial charge on any atom is -0.316 e. The van der Waals surface area contributed by atoms with Gasteiger partial charge in [0.15, 0.2) is 4.21 Å². The van der Waals surface area contributed by atoms with Gasteiger partial charge in [0.2, 0.25) is 0 Å². The first kappa shape index (κ1) is 13.5. The minimum absolute atomic E-state index is 0.328. The highest BCUT2D eigenvalue weighted by atomic mass is 32.2. The lowest BCUT2D eigenvalue weighted by atomic mass is 9.85. The maximum Gasteiger partial charge on any atom is 0.254 e. The number of aromatic nitrogens is 1. The lowest BCUT2D eigenvalue weighted by Crippen LogP contribution is -2.47. The second kappa shape index (κ2) is 4.25. The number of aryl methyl sites for hydroxylation is 1. The molecular formula is C12H19N3O2S2. The normalized spacial score (nSPS) is 30.7. The zero-order valence-corrected chi connectivity index (χ0v) is 13.0. The van der Waals surface area contributed by atoms with Crippen molar-refractivity contribution in [2.75, 3.05) is 19.6 Å². The van der Waals surface area contributed by atoms with Gasteiger partial charge in [0.05, 0.1) is 11.2 Å². The van der Waals surface area contributed by atoms with E-state index in [4.69, 9.17) is 0 Å². The molecule has 0 bridgehead atoms. The summed E-state index contributed by atoms with van der Waals surface area (Å²) in [5, 5.41) is 4.15. The van der Waals surface area contributed by atoms with E-state index in [0.717, 1.165) is 18.1 Å². The summed E-state index contributed by atoms with van der Waals surface area (Å²) in [5.74, 6) is 0.829. The van der Waals surface area contributed by atoms with Gasteiger partial charge < -0.3 is 5.32 Å². The van der Waals surface area contributed by atoms with Gasteiger partial charge in [-0.25, -0.2) is 13.4 Å². The van der Waals surface area contributed by atoms with Gasteiger partial charge >= 0.3 is 0 Å². The quantitative estimate of drug-likeness (QED) is 0.887. The Hall–Kier alpha value is -0.500. The molecule has 2 unspecified atom stereocenters. The van der Waals surface area contributed by atoms with E-state index in [2.05, 4.69) is 10.3 Å². The summed E-state index contributed by atoms with van der Waals surface area (Å²) in [6.45, 7) is 8.35. The Bertz CT molecular complexity index is 594. The SMILES string of the molecule is Cc1ncc(S(=O)(=O)N2CC3CNCC3C2(C)C)s1. The molecule has 0 aromatic carbocycles. The summed E-state index contributed by atoms with van der Waals surface area (Å²) >= 11 is 1.25. The predicted molar refractivity (Wildman–Crippen MR) is 74.7 cm³/mol. The van der Waals surface area contributed by atoms with Crippen LogP contribution < -0.4 is 5.32 Å². The maximum absolute atomic E-state index is 12.8. The molecule has 1 aromatic heterocycles. The Balaban J connectivity index is 1.98. The molecule has 0 amide bonds. The average Bonchev–Trinajstić information content (AvgIpc) is 2.97. The van der Waals surface area contributed by atoms with Crippen molar-refractivity contribution in [2.24, 2.45) is 11.8 Å². The molecule has 0 saturated carbocycles. The van der Waals surface area contributed by atoms with Crippen molar-refractivity contribution >= 4 is 21.4 Å². The molecule has 2 saturated heterocycles. The Morgan fingerprint density at radius 2 is 2.21 bits per heavy atom. The summed E-state index contributed by atoms with van der Waals surface area (Å²) in [6.07, 6.45) is 1.48. The van der Waals surface area contributed by atoms with E-state index >= 15 is 0 Å². The summed E-state index contributed by atoms with van der Waals surface area (Å²) in [4.78, 5) is 4.07. The van der Waals surface area contributed by atoms with Crippen molar-refractivity contribution in [3.05, 3.63) is 11.2 Å². The number of rotatable bonds is 2. The van der Waals surface area contributed by atoms with E-state index in [1.165, 1.54) is 17.5 Å². The van der Waals surface area contributed by atoms with Crippen molar-refractivity contribution in [3.8, 4) is 0 Å². The maximum atomic E-state index is 12.8. The van der Waals surface area contributed by atoms with Crippen LogP contribution in [0.25, 0.3) is 0 Å². The van der Waals surface area contributed by atoms with Crippen LogP contribution in [0.15, 0.2) is 10.4 Å². The zero-order valence-electron chi connectivity index (χ0n) is 11.4. The molecule has 3 heterocycles. The number of fused-ring (bicyclic) bond motifs is 1. The van der Waals surface area contributed by atoms with Gasteiger partial charge in [0, 0.05) is 18.6 Å². The number of sulfonamides is 1. The Morgan fingerprint density at radius 3 is 2.79 bits per heavy atom. The number of thiazole rings is 1. The molecule has 2 atom stereocenters. The van der Waals surface area contributed by atoms with Gasteiger partial charge in [-0.1, -0.05) is 0 Å². The fourth-order valence-electron chi connectivity index (χ4n) is 3.36. The third kappa shape index (κ3) is 1.94. The van der Waals surface area contributed by atoms with Crippen molar-refractivity contribution in [3.63, 3.8) is 0 Å². The third-order valence-electron chi connectivity index (χ3n) is 4.43. The van der Waals surface area contributed by atoms with Gasteiger partial charge in [-0.2, -0.15) is 4.31 Å². The van der Waals surface area contributed by atoms with Gasteiger partial charge in [0.25, 0.3) is 10.0 Å². The standard InChI is InChI=1S/C12H19N3O2S2/c1-8-14-6-11(18-8)19(16,17)15-7-9-4-13-5-10(9)12(15,2)3/h6,9-10,13H,4-5,7H2,1-3H3. The second-order valence-electron chi connectivity index (χ2n) is 5.91. The Kier molecular flexibility index (Phi) is 3.01. The fraction of sp³-hybridized carbons (Fsp3) is 0.750. The van der Waals surface area contributed by atoms with Crippen LogP contribution in [0.5, 0.6) is 0 Å². The van der Waals surface area contributed by atoms with E-state index in [9.17, 15) is 8.42 Å².